The third-order valence-electron chi connectivity index (χ3n) is 10.9. The second-order valence-electron chi connectivity index (χ2n) is 14.9. The highest BCUT2D eigenvalue weighted by molar-refractivity contribution is 6.03. The first kappa shape index (κ1) is 34.4. The number of anilines is 1. The van der Waals surface area contributed by atoms with Crippen molar-refractivity contribution in [3.8, 4) is 0 Å². The van der Waals surface area contributed by atoms with Gasteiger partial charge in [-0.3, -0.25) is 0 Å². The van der Waals surface area contributed by atoms with Gasteiger partial charge in [-0.25, -0.2) is 4.79 Å². The largest absolute Gasteiger partial charge is 0.478 e. The van der Waals surface area contributed by atoms with Crippen molar-refractivity contribution in [1.82, 2.24) is 0 Å². The van der Waals surface area contributed by atoms with E-state index in [4.69, 9.17) is 0 Å². The van der Waals surface area contributed by atoms with Gasteiger partial charge in [-0.1, -0.05) is 101 Å². The fraction of sp³-hybridized carbons (Fsp3) is 0.378. The van der Waals surface area contributed by atoms with Crippen molar-refractivity contribution in [3.05, 3.63) is 136 Å². The molecule has 0 aromatic heterocycles. The Balaban J connectivity index is 1.48. The maximum atomic E-state index is 11.8. The maximum absolute atomic E-state index is 11.8. The Bertz CT molecular complexity index is 1880. The van der Waals surface area contributed by atoms with Crippen LogP contribution in [0.15, 0.2) is 114 Å². The Morgan fingerprint density at radius 2 is 1.51 bits per heavy atom. The van der Waals surface area contributed by atoms with E-state index < -0.39 is 5.97 Å². The van der Waals surface area contributed by atoms with Gasteiger partial charge in [0.2, 0.25) is 5.69 Å². The number of benzene rings is 3. The first-order valence-corrected chi connectivity index (χ1v) is 18.4. The summed E-state index contributed by atoms with van der Waals surface area (Å²) >= 11 is 0. The standard InChI is InChI=1S/C45H52N2O2/c1-7-9-30-46-38-20-13-11-18-36(38)44(3,4)40(46)28-26-32-16-15-17-33(42(32)34-22-24-35(25-23-34)43(48)49)27-29-41-45(5,6)37-19-12-14-21-39(37)47(41)31-10-8-2/h11-14,18-29H,7-10,15-17,30-31H2,1-6H3/p+1. The van der Waals surface area contributed by atoms with E-state index in [9.17, 15) is 9.90 Å². The van der Waals surface area contributed by atoms with Crippen molar-refractivity contribution in [3.63, 3.8) is 0 Å². The van der Waals surface area contributed by atoms with Crippen LogP contribution in [0.1, 0.15) is 114 Å². The van der Waals surface area contributed by atoms with E-state index in [1.165, 1.54) is 50.6 Å². The van der Waals surface area contributed by atoms with Gasteiger partial charge in [0.25, 0.3) is 0 Å². The number of aromatic carboxylic acids is 1. The molecule has 0 amide bonds. The Labute approximate surface area is 293 Å². The number of nitrogens with zero attached hydrogens (tertiary/aromatic N) is 2. The summed E-state index contributed by atoms with van der Waals surface area (Å²) in [7, 11) is 0. The molecule has 2 aliphatic heterocycles. The number of unbranched alkanes of at least 4 members (excludes halogenated alkanes) is 2. The lowest BCUT2D eigenvalue weighted by atomic mass is 9.79. The Morgan fingerprint density at radius 1 is 0.816 bits per heavy atom. The number of hydrogen-bond donors (Lipinski definition) is 1. The summed E-state index contributed by atoms with van der Waals surface area (Å²) in [5, 5.41) is 9.67. The summed E-state index contributed by atoms with van der Waals surface area (Å²) in [4.78, 5) is 14.3. The molecule has 0 spiro atoms. The fourth-order valence-electron chi connectivity index (χ4n) is 8.16. The van der Waals surface area contributed by atoms with Gasteiger partial charge in [0.05, 0.1) is 11.0 Å². The first-order chi connectivity index (χ1) is 23.6. The molecule has 1 aliphatic carbocycles. The van der Waals surface area contributed by atoms with Crippen molar-refractivity contribution in [1.29, 1.82) is 0 Å². The molecule has 2 heterocycles. The van der Waals surface area contributed by atoms with E-state index in [1.54, 1.807) is 12.1 Å². The third kappa shape index (κ3) is 6.50. The van der Waals surface area contributed by atoms with E-state index in [1.807, 2.05) is 12.1 Å². The number of allylic oxidation sites excluding steroid dienone is 8. The van der Waals surface area contributed by atoms with Crippen LogP contribution in [0, 0.1) is 0 Å². The number of carbonyl (C=O) groups is 1. The number of para-hydroxylation sites is 2. The van der Waals surface area contributed by atoms with Crippen LogP contribution in [0.2, 0.25) is 0 Å². The fourth-order valence-corrected chi connectivity index (χ4v) is 8.16. The topological polar surface area (TPSA) is 43.5 Å². The van der Waals surface area contributed by atoms with Gasteiger partial charge in [-0.05, 0) is 91.7 Å². The zero-order valence-corrected chi connectivity index (χ0v) is 30.4. The second kappa shape index (κ2) is 14.2. The highest BCUT2D eigenvalue weighted by atomic mass is 16.4. The molecule has 0 radical (unpaired) electrons. The summed E-state index contributed by atoms with van der Waals surface area (Å²) in [5.74, 6) is -0.897. The normalized spacial score (nSPS) is 19.8. The molecule has 4 nitrogen and oxygen atoms in total. The van der Waals surface area contributed by atoms with Crippen LogP contribution >= 0.6 is 0 Å². The molecule has 0 atom stereocenters. The van der Waals surface area contributed by atoms with Gasteiger partial charge < -0.3 is 10.0 Å². The minimum Gasteiger partial charge on any atom is -0.478 e. The molecular weight excluding hydrogens is 601 g/mol. The van der Waals surface area contributed by atoms with Crippen LogP contribution in [-0.4, -0.2) is 34.5 Å². The second-order valence-corrected chi connectivity index (χ2v) is 14.9. The highest BCUT2D eigenvalue weighted by Gasteiger charge is 2.44. The Morgan fingerprint density at radius 3 is 2.22 bits per heavy atom. The number of carboxylic acids is 1. The average molecular weight is 654 g/mol. The van der Waals surface area contributed by atoms with Crippen molar-refractivity contribution in [2.45, 2.75) is 97.3 Å². The lowest BCUT2D eigenvalue weighted by molar-refractivity contribution is -0.438. The molecule has 3 aliphatic rings. The van der Waals surface area contributed by atoms with Crippen molar-refractivity contribution >= 4 is 28.6 Å². The van der Waals surface area contributed by atoms with E-state index in [2.05, 4.69) is 124 Å². The van der Waals surface area contributed by atoms with E-state index in [-0.39, 0.29) is 10.8 Å². The third-order valence-corrected chi connectivity index (χ3v) is 10.9. The number of hydrogen-bond acceptors (Lipinski definition) is 2. The lowest BCUT2D eigenvalue weighted by Crippen LogP contribution is -2.28. The van der Waals surface area contributed by atoms with Crippen LogP contribution in [-0.2, 0) is 10.8 Å². The number of rotatable bonds is 11. The monoisotopic (exact) mass is 653 g/mol. The summed E-state index contributed by atoms with van der Waals surface area (Å²) in [6.45, 7) is 15.9. The molecule has 4 heteroatoms. The number of carboxylic acid groups (broad SMARTS) is 1. The Kier molecular flexibility index (Phi) is 9.97. The van der Waals surface area contributed by atoms with Crippen molar-refractivity contribution in [2.75, 3.05) is 18.0 Å². The predicted octanol–water partition coefficient (Wildman–Crippen LogP) is 11.2. The highest BCUT2D eigenvalue weighted by Crippen LogP contribution is 2.48. The summed E-state index contributed by atoms with van der Waals surface area (Å²) in [6.07, 6.45) is 17.1. The molecule has 0 saturated carbocycles. The van der Waals surface area contributed by atoms with Crippen molar-refractivity contribution < 1.29 is 14.5 Å². The minimum atomic E-state index is -0.897. The molecule has 0 saturated heterocycles. The van der Waals surface area contributed by atoms with E-state index in [0.29, 0.717) is 5.56 Å². The average Bonchev–Trinajstić information content (AvgIpc) is 3.45. The van der Waals surface area contributed by atoms with Gasteiger partial charge in [0.1, 0.15) is 6.54 Å². The van der Waals surface area contributed by atoms with Gasteiger partial charge >= 0.3 is 5.97 Å². The Hall–Kier alpha value is -4.44. The molecule has 6 rings (SSSR count). The van der Waals surface area contributed by atoms with Crippen LogP contribution in [0.5, 0.6) is 0 Å². The summed E-state index contributed by atoms with van der Waals surface area (Å²) in [6, 6.07) is 25.2. The zero-order chi connectivity index (χ0) is 34.8. The number of fused-ring (bicyclic) bond motifs is 2. The molecule has 254 valence electrons. The van der Waals surface area contributed by atoms with Gasteiger partial charge in [0, 0.05) is 47.5 Å². The molecular formula is C45H53N2O2+. The molecule has 3 aromatic carbocycles. The maximum Gasteiger partial charge on any atom is 0.335 e. The van der Waals surface area contributed by atoms with Gasteiger partial charge in [-0.2, -0.15) is 4.58 Å². The summed E-state index contributed by atoms with van der Waals surface area (Å²) in [5.41, 5.74) is 13.1. The van der Waals surface area contributed by atoms with Crippen LogP contribution in [0.25, 0.3) is 5.57 Å². The molecule has 0 unspecified atom stereocenters. The summed E-state index contributed by atoms with van der Waals surface area (Å²) < 4.78 is 2.53. The SMILES string of the molecule is CCCCN1/C(=C/C=C2\CCCC(/C=C/C3=[N+](CCCC)c4ccccc4C3(C)C)=C2c2ccc(C(=O)O)cc2)C(C)(C)c2ccccc21. The molecule has 49 heavy (non-hydrogen) atoms. The van der Waals surface area contributed by atoms with E-state index in [0.717, 1.165) is 63.6 Å². The van der Waals surface area contributed by atoms with Crippen LogP contribution in [0.4, 0.5) is 11.4 Å². The molecule has 0 bridgehead atoms. The first-order valence-electron chi connectivity index (χ1n) is 18.4. The molecule has 1 N–H and O–H groups in total. The predicted molar refractivity (Wildman–Crippen MR) is 205 cm³/mol. The van der Waals surface area contributed by atoms with Gasteiger partial charge in [0.15, 0.2) is 5.71 Å². The minimum absolute atomic E-state index is 0.104. The van der Waals surface area contributed by atoms with E-state index >= 15 is 0 Å². The molecule has 3 aromatic rings. The quantitative estimate of drug-likeness (QED) is 0.209. The van der Waals surface area contributed by atoms with Gasteiger partial charge in [-0.15, -0.1) is 0 Å². The lowest BCUT2D eigenvalue weighted by Gasteiger charge is -2.27. The van der Waals surface area contributed by atoms with Crippen LogP contribution < -0.4 is 4.90 Å². The van der Waals surface area contributed by atoms with Crippen LogP contribution in [0.3, 0.4) is 0 Å². The molecule has 0 fully saturated rings. The zero-order valence-electron chi connectivity index (χ0n) is 30.4. The smallest absolute Gasteiger partial charge is 0.335 e. The van der Waals surface area contributed by atoms with Crippen molar-refractivity contribution in [2.24, 2.45) is 0 Å².